The van der Waals surface area contributed by atoms with Crippen LogP contribution in [0.3, 0.4) is 0 Å². The van der Waals surface area contributed by atoms with Crippen LogP contribution in [0.5, 0.6) is 5.75 Å². The molecule has 1 saturated heterocycles. The zero-order chi connectivity index (χ0) is 14.7. The quantitative estimate of drug-likeness (QED) is 0.926. The van der Waals surface area contributed by atoms with Gasteiger partial charge in [0.1, 0.15) is 11.9 Å². The van der Waals surface area contributed by atoms with Crippen molar-refractivity contribution in [1.82, 2.24) is 5.32 Å². The normalized spacial score (nSPS) is 27.9. The molecule has 0 bridgehead atoms. The lowest BCUT2D eigenvalue weighted by Gasteiger charge is -2.41. The number of aryl methyl sites for hydroxylation is 1. The molecule has 1 aliphatic heterocycles. The lowest BCUT2D eigenvalue weighted by Crippen LogP contribution is -2.53. The number of benzene rings is 1. The number of likely N-dealkylation sites (N-methyl/N-ethyl adjacent to an activating group) is 1. The van der Waals surface area contributed by atoms with E-state index in [1.165, 1.54) is 5.56 Å². The highest BCUT2D eigenvalue weighted by atomic mass is 16.7. The standard InChI is InChI=1S/C17H25NO3/c1-3-18-15-8-9-17(19-10-11-20-17)12-16(15)21-14-6-4-13(2)5-7-14/h4-7,15-16,18H,3,8-12H2,1-2H3. The van der Waals surface area contributed by atoms with Gasteiger partial charge >= 0.3 is 0 Å². The Hall–Kier alpha value is -1.10. The van der Waals surface area contributed by atoms with Crippen LogP contribution in [-0.2, 0) is 9.47 Å². The average molecular weight is 291 g/mol. The van der Waals surface area contributed by atoms with Crippen molar-refractivity contribution in [1.29, 1.82) is 0 Å². The fourth-order valence-corrected chi connectivity index (χ4v) is 3.28. The van der Waals surface area contributed by atoms with Crippen LogP contribution in [0.1, 0.15) is 31.7 Å². The Kier molecular flexibility index (Phi) is 4.48. The fraction of sp³-hybridized carbons (Fsp3) is 0.647. The highest BCUT2D eigenvalue weighted by Gasteiger charge is 2.46. The maximum absolute atomic E-state index is 6.24. The molecule has 21 heavy (non-hydrogen) atoms. The van der Waals surface area contributed by atoms with Crippen LogP contribution in [0.25, 0.3) is 0 Å². The van der Waals surface area contributed by atoms with Crippen molar-refractivity contribution in [3.05, 3.63) is 29.8 Å². The summed E-state index contributed by atoms with van der Waals surface area (Å²) < 4.78 is 18.0. The van der Waals surface area contributed by atoms with E-state index in [-0.39, 0.29) is 6.10 Å². The zero-order valence-corrected chi connectivity index (χ0v) is 12.9. The van der Waals surface area contributed by atoms with Gasteiger partial charge in [-0.15, -0.1) is 0 Å². The summed E-state index contributed by atoms with van der Waals surface area (Å²) in [5, 5.41) is 3.54. The van der Waals surface area contributed by atoms with Gasteiger partial charge < -0.3 is 19.5 Å². The van der Waals surface area contributed by atoms with E-state index in [2.05, 4.69) is 31.3 Å². The van der Waals surface area contributed by atoms with Crippen molar-refractivity contribution in [3.8, 4) is 5.75 Å². The molecule has 0 aromatic heterocycles. The Bertz CT molecular complexity index is 454. The lowest BCUT2D eigenvalue weighted by molar-refractivity contribution is -0.197. The van der Waals surface area contributed by atoms with Crippen LogP contribution < -0.4 is 10.1 Å². The largest absolute Gasteiger partial charge is 0.489 e. The van der Waals surface area contributed by atoms with Crippen molar-refractivity contribution in [2.24, 2.45) is 0 Å². The molecule has 4 heteroatoms. The molecule has 2 unspecified atom stereocenters. The first-order valence-corrected chi connectivity index (χ1v) is 7.95. The first-order valence-electron chi connectivity index (χ1n) is 7.95. The van der Waals surface area contributed by atoms with Gasteiger partial charge in [0.25, 0.3) is 0 Å². The predicted molar refractivity (Wildman–Crippen MR) is 81.5 cm³/mol. The molecule has 2 fully saturated rings. The molecule has 1 saturated carbocycles. The van der Waals surface area contributed by atoms with E-state index in [0.717, 1.165) is 31.6 Å². The molecular weight excluding hydrogens is 266 g/mol. The molecule has 1 spiro atoms. The van der Waals surface area contributed by atoms with Gasteiger partial charge in [0.2, 0.25) is 0 Å². The van der Waals surface area contributed by atoms with Crippen molar-refractivity contribution < 1.29 is 14.2 Å². The predicted octanol–water partition coefficient (Wildman–Crippen LogP) is 2.65. The third-order valence-corrected chi connectivity index (χ3v) is 4.39. The molecule has 1 heterocycles. The van der Waals surface area contributed by atoms with Crippen molar-refractivity contribution in [2.75, 3.05) is 19.8 Å². The zero-order valence-electron chi connectivity index (χ0n) is 12.9. The van der Waals surface area contributed by atoms with Crippen molar-refractivity contribution in [2.45, 2.75) is 51.0 Å². The van der Waals surface area contributed by atoms with Gasteiger partial charge in [0.05, 0.1) is 13.2 Å². The summed E-state index contributed by atoms with van der Waals surface area (Å²) in [6, 6.07) is 8.60. The number of hydrogen-bond donors (Lipinski definition) is 1. The molecule has 2 atom stereocenters. The molecular formula is C17H25NO3. The third kappa shape index (κ3) is 3.39. The van der Waals surface area contributed by atoms with Gasteiger partial charge in [-0.1, -0.05) is 24.6 Å². The molecule has 0 radical (unpaired) electrons. The van der Waals surface area contributed by atoms with E-state index in [0.29, 0.717) is 19.3 Å². The Morgan fingerprint density at radius 2 is 1.95 bits per heavy atom. The molecule has 2 aliphatic rings. The molecule has 1 aliphatic carbocycles. The Morgan fingerprint density at radius 3 is 2.62 bits per heavy atom. The molecule has 0 amide bonds. The summed E-state index contributed by atoms with van der Waals surface area (Å²) in [6.45, 7) is 6.57. The monoisotopic (exact) mass is 291 g/mol. The van der Waals surface area contributed by atoms with Crippen molar-refractivity contribution >= 4 is 0 Å². The molecule has 1 N–H and O–H groups in total. The van der Waals surface area contributed by atoms with Gasteiger partial charge in [-0.2, -0.15) is 0 Å². The Balaban J connectivity index is 1.72. The SMILES string of the molecule is CCNC1CCC2(CC1Oc1ccc(C)cc1)OCCO2. The van der Waals surface area contributed by atoms with Gasteiger partial charge in [-0.25, -0.2) is 0 Å². The molecule has 1 aromatic carbocycles. The second-order valence-electron chi connectivity index (χ2n) is 5.98. The highest BCUT2D eigenvalue weighted by molar-refractivity contribution is 5.26. The summed E-state index contributed by atoms with van der Waals surface area (Å²) in [6.07, 6.45) is 2.83. The fourth-order valence-electron chi connectivity index (χ4n) is 3.28. The van der Waals surface area contributed by atoms with Crippen LogP contribution >= 0.6 is 0 Å². The minimum atomic E-state index is -0.415. The summed E-state index contributed by atoms with van der Waals surface area (Å²) in [4.78, 5) is 0. The van der Waals surface area contributed by atoms with E-state index in [4.69, 9.17) is 14.2 Å². The molecule has 1 aromatic rings. The van der Waals surface area contributed by atoms with E-state index in [1.54, 1.807) is 0 Å². The van der Waals surface area contributed by atoms with Crippen molar-refractivity contribution in [3.63, 3.8) is 0 Å². The van der Waals surface area contributed by atoms with Gasteiger partial charge in [0.15, 0.2) is 5.79 Å². The summed E-state index contributed by atoms with van der Waals surface area (Å²) in [5.74, 6) is 0.505. The van der Waals surface area contributed by atoms with E-state index in [9.17, 15) is 0 Å². The van der Waals surface area contributed by atoms with E-state index in [1.807, 2.05) is 12.1 Å². The topological polar surface area (TPSA) is 39.7 Å². The van der Waals surface area contributed by atoms with Gasteiger partial charge in [0, 0.05) is 18.9 Å². The molecule has 3 rings (SSSR count). The Morgan fingerprint density at radius 1 is 1.24 bits per heavy atom. The smallest absolute Gasteiger partial charge is 0.172 e. The maximum Gasteiger partial charge on any atom is 0.172 e. The van der Waals surface area contributed by atoms with Crippen LogP contribution in [0.15, 0.2) is 24.3 Å². The first-order chi connectivity index (χ1) is 10.2. The molecule has 4 nitrogen and oxygen atoms in total. The van der Waals surface area contributed by atoms with Crippen LogP contribution in [0, 0.1) is 6.92 Å². The van der Waals surface area contributed by atoms with Crippen LogP contribution in [0.2, 0.25) is 0 Å². The Labute approximate surface area is 126 Å². The summed E-state index contributed by atoms with van der Waals surface area (Å²) in [5.41, 5.74) is 1.24. The first kappa shape index (κ1) is 14.8. The molecule has 116 valence electrons. The van der Waals surface area contributed by atoms with Gasteiger partial charge in [-0.05, 0) is 32.0 Å². The minimum Gasteiger partial charge on any atom is -0.489 e. The number of rotatable bonds is 4. The highest BCUT2D eigenvalue weighted by Crippen LogP contribution is 2.37. The maximum atomic E-state index is 6.24. The summed E-state index contributed by atoms with van der Waals surface area (Å²) >= 11 is 0. The van der Waals surface area contributed by atoms with E-state index >= 15 is 0 Å². The number of ether oxygens (including phenoxy) is 3. The second kappa shape index (κ2) is 6.34. The average Bonchev–Trinajstić information content (AvgIpc) is 2.93. The van der Waals surface area contributed by atoms with Crippen LogP contribution in [0.4, 0.5) is 0 Å². The van der Waals surface area contributed by atoms with Gasteiger partial charge in [-0.3, -0.25) is 0 Å². The summed E-state index contributed by atoms with van der Waals surface area (Å²) in [7, 11) is 0. The number of nitrogens with one attached hydrogen (secondary N) is 1. The number of hydrogen-bond acceptors (Lipinski definition) is 4. The van der Waals surface area contributed by atoms with Crippen LogP contribution in [-0.4, -0.2) is 37.7 Å². The second-order valence-corrected chi connectivity index (χ2v) is 5.98. The third-order valence-electron chi connectivity index (χ3n) is 4.39. The minimum absolute atomic E-state index is 0.0829. The van der Waals surface area contributed by atoms with E-state index < -0.39 is 5.79 Å². The lowest BCUT2D eigenvalue weighted by atomic mass is 9.87.